The van der Waals surface area contributed by atoms with E-state index in [4.69, 9.17) is 39.5 Å². The van der Waals surface area contributed by atoms with Crippen LogP contribution in [0.1, 0.15) is 16.7 Å². The number of halogens is 4. The molecule has 0 saturated carbocycles. The molecule has 0 bridgehead atoms. The van der Waals surface area contributed by atoms with Gasteiger partial charge in [0.15, 0.2) is 0 Å². The fourth-order valence-corrected chi connectivity index (χ4v) is 5.07. The zero-order valence-electron chi connectivity index (χ0n) is 16.9. The molecule has 1 heterocycles. The molecule has 33 heavy (non-hydrogen) atoms. The van der Waals surface area contributed by atoms with Crippen LogP contribution >= 0.6 is 62.5 Å². The first-order valence-corrected chi connectivity index (χ1v) is 12.4. The monoisotopic (exact) mass is 581 g/mol. The standard InChI is InChI=1S/C24H15BrCl3NO3S/c25-16-8-9-21(32-13-14-4-1-2-5-18(14)26)15(10-16)11-22-23(30)29(24(31)33-22)12-17-19(27)6-3-7-20(17)28/h1-11H,12-13H2/b22-11-. The maximum Gasteiger partial charge on any atom is 0.293 e. The molecule has 0 atom stereocenters. The van der Waals surface area contributed by atoms with Crippen LogP contribution in [-0.2, 0) is 17.9 Å². The molecule has 9 heteroatoms. The van der Waals surface area contributed by atoms with Gasteiger partial charge in [0, 0.05) is 36.2 Å². The molecule has 1 aliphatic rings. The van der Waals surface area contributed by atoms with Crippen molar-refractivity contribution in [1.29, 1.82) is 0 Å². The Kier molecular flexibility index (Phi) is 7.72. The smallest absolute Gasteiger partial charge is 0.293 e. The molecule has 0 N–H and O–H groups in total. The third kappa shape index (κ3) is 5.58. The molecule has 4 rings (SSSR count). The Morgan fingerprint density at radius 1 is 0.939 bits per heavy atom. The molecule has 0 aliphatic carbocycles. The molecule has 1 fully saturated rings. The summed E-state index contributed by atoms with van der Waals surface area (Å²) in [4.78, 5) is 27.0. The summed E-state index contributed by atoms with van der Waals surface area (Å²) in [5.74, 6) is 0.136. The molecule has 0 aromatic heterocycles. The largest absolute Gasteiger partial charge is 0.488 e. The van der Waals surface area contributed by atoms with Crippen molar-refractivity contribution in [2.45, 2.75) is 13.2 Å². The van der Waals surface area contributed by atoms with E-state index in [0.29, 0.717) is 31.9 Å². The van der Waals surface area contributed by atoms with E-state index in [-0.39, 0.29) is 18.1 Å². The number of amides is 2. The molecular formula is C24H15BrCl3NO3S. The summed E-state index contributed by atoms with van der Waals surface area (Å²) in [5.41, 5.74) is 2.01. The van der Waals surface area contributed by atoms with Crippen LogP contribution in [0.25, 0.3) is 6.08 Å². The van der Waals surface area contributed by atoms with E-state index >= 15 is 0 Å². The molecule has 3 aromatic carbocycles. The highest BCUT2D eigenvalue weighted by molar-refractivity contribution is 9.10. The molecule has 0 unspecified atom stereocenters. The number of benzene rings is 3. The van der Waals surface area contributed by atoms with E-state index in [1.54, 1.807) is 36.4 Å². The lowest BCUT2D eigenvalue weighted by Gasteiger charge is -2.15. The molecular weight excluding hydrogens is 569 g/mol. The van der Waals surface area contributed by atoms with Gasteiger partial charge in [0.05, 0.1) is 11.4 Å². The molecule has 168 valence electrons. The maximum atomic E-state index is 13.0. The average Bonchev–Trinajstić information content (AvgIpc) is 3.04. The number of thioether (sulfide) groups is 1. The van der Waals surface area contributed by atoms with Crippen LogP contribution in [0.2, 0.25) is 15.1 Å². The molecule has 2 amide bonds. The first-order valence-electron chi connectivity index (χ1n) is 9.67. The van der Waals surface area contributed by atoms with Gasteiger partial charge in [0.2, 0.25) is 0 Å². The summed E-state index contributed by atoms with van der Waals surface area (Å²) in [6.45, 7) is 0.253. The van der Waals surface area contributed by atoms with E-state index in [9.17, 15) is 9.59 Å². The van der Waals surface area contributed by atoms with Gasteiger partial charge in [0.25, 0.3) is 11.1 Å². The first-order chi connectivity index (χ1) is 15.8. The fraction of sp³-hybridized carbons (Fsp3) is 0.0833. The van der Waals surface area contributed by atoms with Gasteiger partial charge >= 0.3 is 0 Å². The summed E-state index contributed by atoms with van der Waals surface area (Å²) in [5, 5.41) is 1.01. The number of nitrogens with zero attached hydrogens (tertiary/aromatic N) is 1. The van der Waals surface area contributed by atoms with Crippen LogP contribution in [0.15, 0.2) is 70.0 Å². The lowest BCUT2D eigenvalue weighted by atomic mass is 10.1. The van der Waals surface area contributed by atoms with Gasteiger partial charge in [-0.3, -0.25) is 14.5 Å². The highest BCUT2D eigenvalue weighted by Crippen LogP contribution is 2.37. The van der Waals surface area contributed by atoms with Gasteiger partial charge < -0.3 is 4.74 Å². The van der Waals surface area contributed by atoms with Crippen molar-refractivity contribution in [1.82, 2.24) is 4.90 Å². The summed E-state index contributed by atoms with van der Waals surface area (Å²) >= 11 is 23.0. The zero-order chi connectivity index (χ0) is 23.5. The van der Waals surface area contributed by atoms with Crippen LogP contribution in [0.5, 0.6) is 5.75 Å². The van der Waals surface area contributed by atoms with Gasteiger partial charge in [-0.15, -0.1) is 0 Å². The van der Waals surface area contributed by atoms with E-state index in [2.05, 4.69) is 15.9 Å². The van der Waals surface area contributed by atoms with Crippen LogP contribution in [0.3, 0.4) is 0 Å². The van der Waals surface area contributed by atoms with Crippen molar-refractivity contribution >= 4 is 79.7 Å². The number of hydrogen-bond donors (Lipinski definition) is 0. The average molecular weight is 584 g/mol. The van der Waals surface area contributed by atoms with Gasteiger partial charge in [0.1, 0.15) is 12.4 Å². The van der Waals surface area contributed by atoms with Crippen molar-refractivity contribution in [2.75, 3.05) is 0 Å². The number of carbonyl (C=O) groups is 2. The summed E-state index contributed by atoms with van der Waals surface area (Å²) in [7, 11) is 0. The van der Waals surface area contributed by atoms with Crippen molar-refractivity contribution < 1.29 is 14.3 Å². The Bertz CT molecular complexity index is 1260. The fourth-order valence-electron chi connectivity index (χ4n) is 3.15. The van der Waals surface area contributed by atoms with Crippen LogP contribution in [0.4, 0.5) is 4.79 Å². The minimum absolute atomic E-state index is 0.00510. The lowest BCUT2D eigenvalue weighted by Crippen LogP contribution is -2.27. The second kappa shape index (κ2) is 10.5. The normalized spacial score (nSPS) is 14.9. The highest BCUT2D eigenvalue weighted by atomic mass is 79.9. The minimum Gasteiger partial charge on any atom is -0.488 e. The first kappa shape index (κ1) is 24.2. The number of rotatable bonds is 6. The number of hydrogen-bond acceptors (Lipinski definition) is 4. The predicted molar refractivity (Wildman–Crippen MR) is 138 cm³/mol. The summed E-state index contributed by atoms with van der Waals surface area (Å²) in [6.07, 6.45) is 1.64. The van der Waals surface area contributed by atoms with Gasteiger partial charge in [-0.25, -0.2) is 0 Å². The Morgan fingerprint density at radius 3 is 2.36 bits per heavy atom. The Hall–Kier alpha value is -1.96. The second-order valence-electron chi connectivity index (χ2n) is 7.03. The number of carbonyl (C=O) groups excluding carboxylic acids is 2. The van der Waals surface area contributed by atoms with E-state index in [1.807, 2.05) is 30.3 Å². The van der Waals surface area contributed by atoms with E-state index in [1.165, 1.54) is 0 Å². The van der Waals surface area contributed by atoms with Crippen molar-refractivity contribution in [3.05, 3.63) is 102 Å². The van der Waals surface area contributed by atoms with Crippen molar-refractivity contribution in [3.63, 3.8) is 0 Å². The molecule has 0 radical (unpaired) electrons. The third-order valence-corrected chi connectivity index (χ3v) is 7.33. The topological polar surface area (TPSA) is 46.6 Å². The van der Waals surface area contributed by atoms with Gasteiger partial charge in [-0.1, -0.05) is 75.0 Å². The van der Waals surface area contributed by atoms with Crippen LogP contribution < -0.4 is 4.74 Å². The quantitative estimate of drug-likeness (QED) is 0.274. The molecule has 0 spiro atoms. The molecule has 4 nitrogen and oxygen atoms in total. The number of imide groups is 1. The maximum absolute atomic E-state index is 13.0. The molecule has 1 saturated heterocycles. The van der Waals surface area contributed by atoms with Crippen LogP contribution in [0, 0.1) is 0 Å². The second-order valence-corrected chi connectivity index (χ2v) is 10.2. The number of ether oxygens (including phenoxy) is 1. The SMILES string of the molecule is O=C1S/C(=C\c2cc(Br)ccc2OCc2ccccc2Cl)C(=O)N1Cc1c(Cl)cccc1Cl. The minimum atomic E-state index is -0.419. The van der Waals surface area contributed by atoms with Gasteiger partial charge in [-0.05, 0) is 54.2 Å². The Morgan fingerprint density at radius 2 is 1.64 bits per heavy atom. The Balaban J connectivity index is 1.58. The highest BCUT2D eigenvalue weighted by Gasteiger charge is 2.36. The van der Waals surface area contributed by atoms with Crippen molar-refractivity contribution in [3.8, 4) is 5.75 Å². The molecule has 3 aromatic rings. The lowest BCUT2D eigenvalue weighted by molar-refractivity contribution is -0.123. The Labute approximate surface area is 218 Å². The van der Waals surface area contributed by atoms with Crippen molar-refractivity contribution in [2.24, 2.45) is 0 Å². The van der Waals surface area contributed by atoms with E-state index in [0.717, 1.165) is 26.7 Å². The summed E-state index contributed by atoms with van der Waals surface area (Å²) in [6, 6.07) is 17.9. The summed E-state index contributed by atoms with van der Waals surface area (Å²) < 4.78 is 6.79. The zero-order valence-corrected chi connectivity index (χ0v) is 21.5. The van der Waals surface area contributed by atoms with Gasteiger partial charge in [-0.2, -0.15) is 0 Å². The van der Waals surface area contributed by atoms with Crippen LogP contribution in [-0.4, -0.2) is 16.0 Å². The van der Waals surface area contributed by atoms with E-state index < -0.39 is 11.1 Å². The molecule has 1 aliphatic heterocycles. The third-order valence-electron chi connectivity index (χ3n) is 4.85. The predicted octanol–water partition coefficient (Wildman–Crippen LogP) is 8.22.